The number of ether oxygens (including phenoxy) is 2. The Bertz CT molecular complexity index is 549. The molecule has 0 spiro atoms. The highest BCUT2D eigenvalue weighted by Crippen LogP contribution is 2.36. The van der Waals surface area contributed by atoms with Crippen LogP contribution in [0.4, 0.5) is 0 Å². The van der Waals surface area contributed by atoms with Crippen LogP contribution in [0.3, 0.4) is 0 Å². The van der Waals surface area contributed by atoms with Gasteiger partial charge >= 0.3 is 0 Å². The standard InChI is InChI=1S/C12H17Cl2NO4S/c1-2-3-6-18-7-8-19-9-4-5-10(20(15,16)17)12(14)11(9)13/h4-5H,2-3,6-8H2,1H3,(H2,15,16,17). The summed E-state index contributed by atoms with van der Waals surface area (Å²) in [6.07, 6.45) is 2.06. The number of halogens is 2. The van der Waals surface area contributed by atoms with E-state index in [1.807, 2.05) is 0 Å². The first-order chi connectivity index (χ1) is 9.38. The Kier molecular flexibility index (Phi) is 7.05. The predicted molar refractivity (Wildman–Crippen MR) is 79.1 cm³/mol. The molecule has 0 bridgehead atoms. The lowest BCUT2D eigenvalue weighted by atomic mass is 10.3. The van der Waals surface area contributed by atoms with Crippen molar-refractivity contribution in [3.8, 4) is 5.75 Å². The summed E-state index contributed by atoms with van der Waals surface area (Å²) >= 11 is 11.8. The molecule has 0 aliphatic heterocycles. The van der Waals surface area contributed by atoms with Crippen molar-refractivity contribution >= 4 is 33.2 Å². The van der Waals surface area contributed by atoms with Crippen LogP contribution in [-0.2, 0) is 14.8 Å². The zero-order valence-electron chi connectivity index (χ0n) is 11.1. The Labute approximate surface area is 129 Å². The SMILES string of the molecule is CCCCOCCOc1ccc(S(N)(=O)=O)c(Cl)c1Cl. The van der Waals surface area contributed by atoms with Gasteiger partial charge in [0.15, 0.2) is 0 Å². The molecule has 0 saturated carbocycles. The van der Waals surface area contributed by atoms with E-state index in [2.05, 4.69) is 6.92 Å². The van der Waals surface area contributed by atoms with Crippen LogP contribution in [0.2, 0.25) is 10.0 Å². The molecule has 8 heteroatoms. The minimum absolute atomic E-state index is 0.0201. The maximum Gasteiger partial charge on any atom is 0.239 e. The first-order valence-corrected chi connectivity index (χ1v) is 8.39. The highest BCUT2D eigenvalue weighted by molar-refractivity contribution is 7.89. The third kappa shape index (κ3) is 5.10. The van der Waals surface area contributed by atoms with Crippen LogP contribution in [0.5, 0.6) is 5.75 Å². The van der Waals surface area contributed by atoms with Gasteiger partial charge in [0.25, 0.3) is 0 Å². The molecule has 0 unspecified atom stereocenters. The van der Waals surface area contributed by atoms with Crippen LogP contribution in [0.15, 0.2) is 17.0 Å². The monoisotopic (exact) mass is 341 g/mol. The number of primary sulfonamides is 1. The van der Waals surface area contributed by atoms with Crippen LogP contribution in [0, 0.1) is 0 Å². The van der Waals surface area contributed by atoms with Gasteiger partial charge in [0.1, 0.15) is 22.3 Å². The number of hydrogen-bond donors (Lipinski definition) is 1. The molecule has 5 nitrogen and oxygen atoms in total. The minimum Gasteiger partial charge on any atom is -0.490 e. The molecular formula is C12H17Cl2NO4S. The number of benzene rings is 1. The van der Waals surface area contributed by atoms with Gasteiger partial charge in [-0.2, -0.15) is 0 Å². The Morgan fingerprint density at radius 2 is 1.85 bits per heavy atom. The van der Waals surface area contributed by atoms with E-state index in [0.717, 1.165) is 12.8 Å². The summed E-state index contributed by atoms with van der Waals surface area (Å²) in [5, 5.41) is 4.89. The first kappa shape index (κ1) is 17.5. The van der Waals surface area contributed by atoms with E-state index in [1.54, 1.807) is 0 Å². The summed E-state index contributed by atoms with van der Waals surface area (Å²) in [4.78, 5) is -0.226. The van der Waals surface area contributed by atoms with E-state index in [-0.39, 0.29) is 14.9 Å². The second-order valence-electron chi connectivity index (χ2n) is 4.05. The van der Waals surface area contributed by atoms with Crippen molar-refractivity contribution in [3.05, 3.63) is 22.2 Å². The van der Waals surface area contributed by atoms with Gasteiger partial charge in [0.05, 0.1) is 11.6 Å². The van der Waals surface area contributed by atoms with E-state index in [1.165, 1.54) is 12.1 Å². The quantitative estimate of drug-likeness (QED) is 0.737. The van der Waals surface area contributed by atoms with Gasteiger partial charge in [0.2, 0.25) is 10.0 Å². The number of unbranched alkanes of at least 4 members (excludes halogenated alkanes) is 1. The third-order valence-electron chi connectivity index (χ3n) is 2.45. The van der Waals surface area contributed by atoms with Crippen LogP contribution in [-0.4, -0.2) is 28.2 Å². The Balaban J connectivity index is 2.63. The topological polar surface area (TPSA) is 78.6 Å². The lowest BCUT2D eigenvalue weighted by molar-refractivity contribution is 0.0981. The van der Waals surface area contributed by atoms with E-state index in [9.17, 15) is 8.42 Å². The maximum atomic E-state index is 11.3. The van der Waals surface area contributed by atoms with E-state index < -0.39 is 10.0 Å². The van der Waals surface area contributed by atoms with Crippen molar-refractivity contribution in [2.75, 3.05) is 19.8 Å². The minimum atomic E-state index is -3.90. The summed E-state index contributed by atoms with van der Waals surface area (Å²) in [7, 11) is -3.90. The Hall–Kier alpha value is -0.530. The fraction of sp³-hybridized carbons (Fsp3) is 0.500. The van der Waals surface area contributed by atoms with Gasteiger partial charge in [-0.1, -0.05) is 36.5 Å². The maximum absolute atomic E-state index is 11.3. The van der Waals surface area contributed by atoms with Crippen molar-refractivity contribution in [2.24, 2.45) is 5.14 Å². The highest BCUT2D eigenvalue weighted by atomic mass is 35.5. The number of sulfonamides is 1. The average molecular weight is 342 g/mol. The molecule has 1 aromatic carbocycles. The molecule has 0 aliphatic carbocycles. The molecule has 0 radical (unpaired) electrons. The summed E-state index contributed by atoms with van der Waals surface area (Å²) < 4.78 is 33.2. The molecule has 0 saturated heterocycles. The lowest BCUT2D eigenvalue weighted by Gasteiger charge is -2.11. The zero-order chi connectivity index (χ0) is 15.2. The fourth-order valence-corrected chi connectivity index (χ4v) is 2.77. The van der Waals surface area contributed by atoms with Crippen molar-refractivity contribution in [2.45, 2.75) is 24.7 Å². The van der Waals surface area contributed by atoms with Gasteiger partial charge in [-0.3, -0.25) is 0 Å². The van der Waals surface area contributed by atoms with Crippen LogP contribution < -0.4 is 9.88 Å². The van der Waals surface area contributed by atoms with Crippen molar-refractivity contribution < 1.29 is 17.9 Å². The van der Waals surface area contributed by atoms with Crippen molar-refractivity contribution in [3.63, 3.8) is 0 Å². The van der Waals surface area contributed by atoms with Gasteiger partial charge < -0.3 is 9.47 Å². The summed E-state index contributed by atoms with van der Waals surface area (Å²) in [5.41, 5.74) is 0. The van der Waals surface area contributed by atoms with Gasteiger partial charge in [0, 0.05) is 6.61 Å². The predicted octanol–water partition coefficient (Wildman–Crippen LogP) is 2.84. The van der Waals surface area contributed by atoms with E-state index in [0.29, 0.717) is 25.6 Å². The number of rotatable bonds is 8. The zero-order valence-corrected chi connectivity index (χ0v) is 13.4. The molecule has 0 aliphatic rings. The molecule has 0 amide bonds. The molecule has 114 valence electrons. The van der Waals surface area contributed by atoms with E-state index in [4.69, 9.17) is 37.8 Å². The average Bonchev–Trinajstić information content (AvgIpc) is 2.37. The summed E-state index contributed by atoms with van der Waals surface area (Å²) in [6, 6.07) is 2.68. The molecular weight excluding hydrogens is 325 g/mol. The van der Waals surface area contributed by atoms with Crippen LogP contribution in [0.1, 0.15) is 19.8 Å². The first-order valence-electron chi connectivity index (χ1n) is 6.09. The molecule has 0 atom stereocenters. The van der Waals surface area contributed by atoms with Crippen molar-refractivity contribution in [1.29, 1.82) is 0 Å². The molecule has 20 heavy (non-hydrogen) atoms. The van der Waals surface area contributed by atoms with Crippen molar-refractivity contribution in [1.82, 2.24) is 0 Å². The van der Waals surface area contributed by atoms with E-state index >= 15 is 0 Å². The second kappa shape index (κ2) is 8.05. The third-order valence-corrected chi connectivity index (χ3v) is 4.38. The highest BCUT2D eigenvalue weighted by Gasteiger charge is 2.18. The Morgan fingerprint density at radius 3 is 2.45 bits per heavy atom. The van der Waals surface area contributed by atoms with Crippen LogP contribution >= 0.6 is 23.2 Å². The molecule has 2 N–H and O–H groups in total. The summed E-state index contributed by atoms with van der Waals surface area (Å²) in [6.45, 7) is 3.48. The summed E-state index contributed by atoms with van der Waals surface area (Å²) in [5.74, 6) is 0.295. The smallest absolute Gasteiger partial charge is 0.239 e. The Morgan fingerprint density at radius 1 is 1.15 bits per heavy atom. The molecule has 0 fully saturated rings. The molecule has 0 heterocycles. The number of nitrogens with two attached hydrogens (primary N) is 1. The number of hydrogen-bond acceptors (Lipinski definition) is 4. The largest absolute Gasteiger partial charge is 0.490 e. The van der Waals surface area contributed by atoms with Gasteiger partial charge in [-0.25, -0.2) is 13.6 Å². The molecule has 0 aromatic heterocycles. The molecule has 1 rings (SSSR count). The molecule has 1 aromatic rings. The second-order valence-corrected chi connectivity index (χ2v) is 6.33. The van der Waals surface area contributed by atoms with Gasteiger partial charge in [-0.05, 0) is 18.6 Å². The lowest BCUT2D eigenvalue weighted by Crippen LogP contribution is -2.13. The van der Waals surface area contributed by atoms with Crippen LogP contribution in [0.25, 0.3) is 0 Å². The normalized spacial score (nSPS) is 11.6. The van der Waals surface area contributed by atoms with Gasteiger partial charge in [-0.15, -0.1) is 0 Å². The fourth-order valence-electron chi connectivity index (χ4n) is 1.40.